The lowest BCUT2D eigenvalue weighted by Gasteiger charge is -1.94. The van der Waals surface area contributed by atoms with Crippen LogP contribution in [0, 0.1) is 0 Å². The summed E-state index contributed by atoms with van der Waals surface area (Å²) in [6.07, 6.45) is 9.79. The summed E-state index contributed by atoms with van der Waals surface area (Å²) in [6.45, 7) is 0.870. The van der Waals surface area contributed by atoms with Gasteiger partial charge < -0.3 is 4.57 Å². The van der Waals surface area contributed by atoms with Gasteiger partial charge >= 0.3 is 0 Å². The van der Waals surface area contributed by atoms with Gasteiger partial charge in [0.15, 0.2) is 0 Å². The number of allylic oxidation sites excluding steroid dienone is 1. The first-order valence-corrected chi connectivity index (χ1v) is 4.62. The van der Waals surface area contributed by atoms with Gasteiger partial charge in [0.25, 0.3) is 0 Å². The molecule has 0 aliphatic carbocycles. The van der Waals surface area contributed by atoms with Crippen molar-refractivity contribution in [1.29, 1.82) is 0 Å². The Morgan fingerprint density at radius 3 is 2.79 bits per heavy atom. The Bertz CT molecular complexity index is 388. The van der Waals surface area contributed by atoms with Gasteiger partial charge in [-0.1, -0.05) is 42.5 Å². The molecule has 0 bridgehead atoms. The fourth-order valence-electron chi connectivity index (χ4n) is 1.27. The summed E-state index contributed by atoms with van der Waals surface area (Å²) in [5.41, 5.74) is 1.23. The molecule has 0 N–H and O–H groups in total. The maximum Gasteiger partial charge on any atom is 0.0948 e. The maximum absolute atomic E-state index is 3.98. The van der Waals surface area contributed by atoms with E-state index in [0.717, 1.165) is 6.54 Å². The van der Waals surface area contributed by atoms with Crippen LogP contribution in [0.25, 0.3) is 6.08 Å². The third-order valence-corrected chi connectivity index (χ3v) is 1.99. The Hall–Kier alpha value is -1.83. The summed E-state index contributed by atoms with van der Waals surface area (Å²) in [7, 11) is 0. The van der Waals surface area contributed by atoms with Gasteiger partial charge in [-0.3, -0.25) is 0 Å². The zero-order chi connectivity index (χ0) is 9.64. The highest BCUT2D eigenvalue weighted by molar-refractivity contribution is 5.48. The summed E-state index contributed by atoms with van der Waals surface area (Å²) in [6, 6.07) is 10.3. The van der Waals surface area contributed by atoms with Crippen molar-refractivity contribution >= 4 is 6.08 Å². The summed E-state index contributed by atoms with van der Waals surface area (Å²) >= 11 is 0. The molecular formula is C12H12N2. The molecule has 0 fully saturated rings. The molecule has 0 saturated heterocycles. The van der Waals surface area contributed by atoms with Gasteiger partial charge in [0.05, 0.1) is 6.33 Å². The van der Waals surface area contributed by atoms with Crippen molar-refractivity contribution in [2.75, 3.05) is 0 Å². The van der Waals surface area contributed by atoms with E-state index in [4.69, 9.17) is 0 Å². The quantitative estimate of drug-likeness (QED) is 0.717. The van der Waals surface area contributed by atoms with Crippen LogP contribution in [0.1, 0.15) is 5.56 Å². The van der Waals surface area contributed by atoms with Crippen molar-refractivity contribution in [2.24, 2.45) is 0 Å². The van der Waals surface area contributed by atoms with Crippen molar-refractivity contribution in [3.63, 3.8) is 0 Å². The lowest BCUT2D eigenvalue weighted by atomic mass is 10.2. The van der Waals surface area contributed by atoms with Gasteiger partial charge in [-0.2, -0.15) is 0 Å². The maximum atomic E-state index is 3.98. The first-order chi connectivity index (χ1) is 6.95. The van der Waals surface area contributed by atoms with Crippen LogP contribution in [0.2, 0.25) is 0 Å². The molecule has 0 radical (unpaired) electrons. The first kappa shape index (κ1) is 8.75. The Morgan fingerprint density at radius 2 is 2.07 bits per heavy atom. The lowest BCUT2D eigenvalue weighted by Crippen LogP contribution is -1.88. The molecule has 2 heteroatoms. The summed E-state index contributed by atoms with van der Waals surface area (Å²) in [5.74, 6) is 0. The molecule has 1 heterocycles. The number of benzene rings is 1. The second kappa shape index (κ2) is 4.42. The van der Waals surface area contributed by atoms with E-state index in [0.29, 0.717) is 0 Å². The molecule has 2 nitrogen and oxygen atoms in total. The number of hydrogen-bond acceptors (Lipinski definition) is 1. The van der Waals surface area contributed by atoms with E-state index < -0.39 is 0 Å². The molecule has 1 aromatic carbocycles. The predicted molar refractivity (Wildman–Crippen MR) is 57.7 cm³/mol. The lowest BCUT2D eigenvalue weighted by molar-refractivity contribution is 0.823. The third kappa shape index (κ3) is 2.33. The van der Waals surface area contributed by atoms with Gasteiger partial charge in [0, 0.05) is 18.9 Å². The average Bonchev–Trinajstić information content (AvgIpc) is 2.72. The number of imidazole rings is 1. The monoisotopic (exact) mass is 184 g/mol. The topological polar surface area (TPSA) is 17.8 Å². The van der Waals surface area contributed by atoms with Crippen molar-refractivity contribution in [3.8, 4) is 0 Å². The molecule has 2 aromatic rings. The van der Waals surface area contributed by atoms with Gasteiger partial charge in [-0.25, -0.2) is 4.98 Å². The zero-order valence-corrected chi connectivity index (χ0v) is 7.88. The smallest absolute Gasteiger partial charge is 0.0948 e. The molecule has 2 rings (SSSR count). The molecule has 0 spiro atoms. The average molecular weight is 184 g/mol. The van der Waals surface area contributed by atoms with Crippen LogP contribution >= 0.6 is 0 Å². The Balaban J connectivity index is 1.96. The van der Waals surface area contributed by atoms with Crippen molar-refractivity contribution in [3.05, 3.63) is 60.7 Å². The fraction of sp³-hybridized carbons (Fsp3) is 0.0833. The molecule has 70 valence electrons. The molecule has 0 atom stereocenters. The molecule has 14 heavy (non-hydrogen) atoms. The second-order valence-electron chi connectivity index (χ2n) is 3.07. The third-order valence-electron chi connectivity index (χ3n) is 1.99. The molecule has 0 aliphatic rings. The normalized spacial score (nSPS) is 10.9. The standard InChI is InChI=1S/C12H12N2/c1-2-5-12(6-3-1)7-4-9-14-10-8-13-11-14/h1-8,10-11H,9H2/b7-4-. The SMILES string of the molecule is C(=C/c1ccccc1)/Cn1ccnc1. The summed E-state index contributed by atoms with van der Waals surface area (Å²) < 4.78 is 2.03. The van der Waals surface area contributed by atoms with E-state index in [9.17, 15) is 0 Å². The van der Waals surface area contributed by atoms with Crippen molar-refractivity contribution < 1.29 is 0 Å². The minimum absolute atomic E-state index is 0.870. The van der Waals surface area contributed by atoms with Crippen molar-refractivity contribution in [1.82, 2.24) is 9.55 Å². The van der Waals surface area contributed by atoms with Gasteiger partial charge in [-0.15, -0.1) is 0 Å². The molecule has 0 unspecified atom stereocenters. The largest absolute Gasteiger partial charge is 0.334 e. The van der Waals surface area contributed by atoms with Gasteiger partial charge in [-0.05, 0) is 5.56 Å². The van der Waals surface area contributed by atoms with E-state index in [2.05, 4.69) is 29.3 Å². The van der Waals surface area contributed by atoms with E-state index in [1.54, 1.807) is 6.20 Å². The highest BCUT2D eigenvalue weighted by atomic mass is 15.0. The Labute approximate surface area is 83.5 Å². The van der Waals surface area contributed by atoms with Crippen LogP contribution in [0.4, 0.5) is 0 Å². The number of hydrogen-bond donors (Lipinski definition) is 0. The number of rotatable bonds is 3. The van der Waals surface area contributed by atoms with E-state index in [1.165, 1.54) is 5.56 Å². The van der Waals surface area contributed by atoms with Crippen LogP contribution in [-0.2, 0) is 6.54 Å². The molecular weight excluding hydrogens is 172 g/mol. The van der Waals surface area contributed by atoms with Crippen LogP contribution < -0.4 is 0 Å². The highest BCUT2D eigenvalue weighted by Gasteiger charge is 1.84. The molecule has 0 saturated carbocycles. The van der Waals surface area contributed by atoms with Crippen LogP contribution in [0.3, 0.4) is 0 Å². The summed E-state index contributed by atoms with van der Waals surface area (Å²) in [4.78, 5) is 3.98. The Kier molecular flexibility index (Phi) is 2.76. The van der Waals surface area contributed by atoms with Crippen LogP contribution in [0.5, 0.6) is 0 Å². The van der Waals surface area contributed by atoms with Gasteiger partial charge in [0.1, 0.15) is 0 Å². The van der Waals surface area contributed by atoms with E-state index in [1.807, 2.05) is 35.3 Å². The molecule has 1 aromatic heterocycles. The molecule has 0 aliphatic heterocycles. The fourth-order valence-corrected chi connectivity index (χ4v) is 1.27. The number of aromatic nitrogens is 2. The highest BCUT2D eigenvalue weighted by Crippen LogP contribution is 2.01. The minimum atomic E-state index is 0.870. The van der Waals surface area contributed by atoms with Crippen LogP contribution in [-0.4, -0.2) is 9.55 Å². The Morgan fingerprint density at radius 1 is 1.21 bits per heavy atom. The minimum Gasteiger partial charge on any atom is -0.334 e. The number of nitrogens with zero attached hydrogens (tertiary/aromatic N) is 2. The molecule has 0 amide bonds. The van der Waals surface area contributed by atoms with Crippen molar-refractivity contribution in [2.45, 2.75) is 6.54 Å². The summed E-state index contributed by atoms with van der Waals surface area (Å²) in [5, 5.41) is 0. The van der Waals surface area contributed by atoms with Gasteiger partial charge in [0.2, 0.25) is 0 Å². The van der Waals surface area contributed by atoms with Crippen LogP contribution in [0.15, 0.2) is 55.1 Å². The first-order valence-electron chi connectivity index (χ1n) is 4.62. The van der Waals surface area contributed by atoms with E-state index in [-0.39, 0.29) is 0 Å². The van der Waals surface area contributed by atoms with E-state index >= 15 is 0 Å². The predicted octanol–water partition coefficient (Wildman–Crippen LogP) is 2.60. The zero-order valence-electron chi connectivity index (χ0n) is 7.88. The second-order valence-corrected chi connectivity index (χ2v) is 3.07.